The maximum absolute atomic E-state index is 12.3. The Labute approximate surface area is 121 Å². The summed E-state index contributed by atoms with van der Waals surface area (Å²) in [4.78, 5) is 12.3. The number of hydrogen-bond acceptors (Lipinski definition) is 4. The first-order chi connectivity index (χ1) is 10.3. The second-order valence-electron chi connectivity index (χ2n) is 4.51. The Hall–Kier alpha value is -2.82. The largest absolute Gasteiger partial charge is 0.497 e. The molecule has 0 amide bonds. The molecule has 1 N–H and O–H groups in total. The van der Waals surface area contributed by atoms with E-state index in [0.717, 1.165) is 0 Å². The molecular weight excluding hydrogens is 268 g/mol. The first-order valence-corrected chi connectivity index (χ1v) is 6.51. The quantitative estimate of drug-likeness (QED) is 0.798. The zero-order chi connectivity index (χ0) is 14.7. The van der Waals surface area contributed by atoms with Gasteiger partial charge >= 0.3 is 0 Å². The molecule has 0 radical (unpaired) electrons. The predicted octanol–water partition coefficient (Wildman–Crippen LogP) is 2.51. The van der Waals surface area contributed by atoms with Crippen LogP contribution in [0.15, 0.2) is 53.3 Å². The Kier molecular flexibility index (Phi) is 3.55. The molecule has 1 aromatic heterocycles. The maximum Gasteiger partial charge on any atom is 0.214 e. The Morgan fingerprint density at radius 3 is 2.76 bits per heavy atom. The molecule has 0 spiro atoms. The molecule has 0 saturated heterocycles. The van der Waals surface area contributed by atoms with Crippen LogP contribution >= 0.6 is 0 Å². The van der Waals surface area contributed by atoms with Crippen LogP contribution in [0.25, 0.3) is 10.9 Å². The van der Waals surface area contributed by atoms with Crippen molar-refractivity contribution < 1.29 is 9.47 Å². The standard InChI is InChI=1S/C16H14N2O3/c1-20-11-5-4-6-12(9-11)21-10-15-16(19)13-7-2-3-8-14(13)17-18-15/h2-9H,10H2,1H3,(H,17,19). The van der Waals surface area contributed by atoms with Gasteiger partial charge in [0, 0.05) is 11.5 Å². The smallest absolute Gasteiger partial charge is 0.214 e. The van der Waals surface area contributed by atoms with Crippen LogP contribution in [-0.2, 0) is 6.61 Å². The minimum absolute atomic E-state index is 0.104. The van der Waals surface area contributed by atoms with Gasteiger partial charge in [0.1, 0.15) is 23.8 Å². The molecule has 5 nitrogen and oxygen atoms in total. The number of aromatic amines is 1. The average molecular weight is 282 g/mol. The molecule has 0 bridgehead atoms. The lowest BCUT2D eigenvalue weighted by Crippen LogP contribution is -2.15. The number of para-hydroxylation sites is 1. The summed E-state index contributed by atoms with van der Waals surface area (Å²) in [5, 5.41) is 7.54. The first kappa shape index (κ1) is 13.2. The highest BCUT2D eigenvalue weighted by molar-refractivity contribution is 5.77. The molecule has 0 fully saturated rings. The van der Waals surface area contributed by atoms with E-state index in [1.807, 2.05) is 30.3 Å². The average Bonchev–Trinajstić information content (AvgIpc) is 2.55. The third kappa shape index (κ3) is 2.72. The monoisotopic (exact) mass is 282 g/mol. The van der Waals surface area contributed by atoms with Crippen molar-refractivity contribution in [2.45, 2.75) is 6.61 Å². The third-order valence-corrected chi connectivity index (χ3v) is 3.16. The van der Waals surface area contributed by atoms with E-state index in [9.17, 15) is 4.79 Å². The van der Waals surface area contributed by atoms with Gasteiger partial charge < -0.3 is 9.47 Å². The summed E-state index contributed by atoms with van der Waals surface area (Å²) in [5.41, 5.74) is 0.941. The SMILES string of the molecule is COc1cccc(OCc2n[nH]c3ccccc3c2=O)c1. The number of benzene rings is 2. The van der Waals surface area contributed by atoms with Crippen LogP contribution in [0.5, 0.6) is 11.5 Å². The van der Waals surface area contributed by atoms with E-state index in [4.69, 9.17) is 9.47 Å². The van der Waals surface area contributed by atoms with Crippen molar-refractivity contribution in [3.63, 3.8) is 0 Å². The number of nitrogens with one attached hydrogen (secondary N) is 1. The topological polar surface area (TPSA) is 64.2 Å². The highest BCUT2D eigenvalue weighted by Crippen LogP contribution is 2.19. The highest BCUT2D eigenvalue weighted by Gasteiger charge is 2.07. The highest BCUT2D eigenvalue weighted by atomic mass is 16.5. The zero-order valence-corrected chi connectivity index (χ0v) is 11.5. The predicted molar refractivity (Wildman–Crippen MR) is 79.7 cm³/mol. The number of H-pyrrole nitrogens is 1. The summed E-state index contributed by atoms with van der Waals surface area (Å²) >= 11 is 0. The fraction of sp³-hybridized carbons (Fsp3) is 0.125. The fourth-order valence-corrected chi connectivity index (χ4v) is 2.05. The number of nitrogens with zero attached hydrogens (tertiary/aromatic N) is 1. The number of methoxy groups -OCH3 is 1. The number of rotatable bonds is 4. The molecule has 106 valence electrons. The molecule has 0 atom stereocenters. The fourth-order valence-electron chi connectivity index (χ4n) is 2.05. The zero-order valence-electron chi connectivity index (χ0n) is 11.5. The molecule has 0 aliphatic rings. The van der Waals surface area contributed by atoms with Crippen molar-refractivity contribution >= 4 is 10.9 Å². The summed E-state index contributed by atoms with van der Waals surface area (Å²) in [6.45, 7) is 0.104. The lowest BCUT2D eigenvalue weighted by Gasteiger charge is -2.07. The van der Waals surface area contributed by atoms with Gasteiger partial charge in [-0.05, 0) is 24.3 Å². The third-order valence-electron chi connectivity index (χ3n) is 3.16. The maximum atomic E-state index is 12.3. The minimum atomic E-state index is -0.118. The van der Waals surface area contributed by atoms with Gasteiger partial charge in [0.25, 0.3) is 0 Å². The van der Waals surface area contributed by atoms with Crippen LogP contribution in [0, 0.1) is 0 Å². The molecular formula is C16H14N2O3. The Morgan fingerprint density at radius 1 is 1.10 bits per heavy atom. The van der Waals surface area contributed by atoms with Crippen molar-refractivity contribution in [3.05, 3.63) is 64.4 Å². The second-order valence-corrected chi connectivity index (χ2v) is 4.51. The van der Waals surface area contributed by atoms with Gasteiger partial charge in [-0.2, -0.15) is 5.10 Å². The van der Waals surface area contributed by atoms with Gasteiger partial charge in [-0.25, -0.2) is 0 Å². The van der Waals surface area contributed by atoms with E-state index in [1.165, 1.54) is 0 Å². The van der Waals surface area contributed by atoms with Crippen molar-refractivity contribution in [2.24, 2.45) is 0 Å². The molecule has 2 aromatic carbocycles. The lowest BCUT2D eigenvalue weighted by molar-refractivity contribution is 0.296. The van der Waals surface area contributed by atoms with E-state index >= 15 is 0 Å². The van der Waals surface area contributed by atoms with Gasteiger partial charge in [-0.15, -0.1) is 0 Å². The van der Waals surface area contributed by atoms with Gasteiger partial charge in [0.15, 0.2) is 0 Å². The second kappa shape index (κ2) is 5.66. The number of fused-ring (bicyclic) bond motifs is 1. The molecule has 0 aliphatic carbocycles. The van der Waals surface area contributed by atoms with Crippen molar-refractivity contribution in [3.8, 4) is 11.5 Å². The van der Waals surface area contributed by atoms with E-state index in [2.05, 4.69) is 10.2 Å². The van der Waals surface area contributed by atoms with Crippen molar-refractivity contribution in [1.29, 1.82) is 0 Å². The molecule has 3 rings (SSSR count). The Balaban J connectivity index is 1.85. The van der Waals surface area contributed by atoms with Crippen LogP contribution < -0.4 is 14.9 Å². The van der Waals surface area contributed by atoms with Gasteiger partial charge in [0.05, 0.1) is 12.6 Å². The minimum Gasteiger partial charge on any atom is -0.497 e. The van der Waals surface area contributed by atoms with E-state index in [0.29, 0.717) is 28.1 Å². The van der Waals surface area contributed by atoms with Gasteiger partial charge in [-0.3, -0.25) is 9.89 Å². The van der Waals surface area contributed by atoms with Crippen LogP contribution in [0.4, 0.5) is 0 Å². The summed E-state index contributed by atoms with van der Waals surface area (Å²) in [5.74, 6) is 1.33. The van der Waals surface area contributed by atoms with Crippen LogP contribution in [-0.4, -0.2) is 17.3 Å². The molecule has 21 heavy (non-hydrogen) atoms. The Bertz CT molecular complexity index is 827. The number of aromatic nitrogens is 2. The van der Waals surface area contributed by atoms with Crippen LogP contribution in [0.2, 0.25) is 0 Å². The van der Waals surface area contributed by atoms with E-state index in [1.54, 1.807) is 25.3 Å². The molecule has 3 aromatic rings. The number of hydrogen-bond donors (Lipinski definition) is 1. The molecule has 1 heterocycles. The van der Waals surface area contributed by atoms with Crippen LogP contribution in [0.1, 0.15) is 5.69 Å². The summed E-state index contributed by atoms with van der Waals surface area (Å²) in [7, 11) is 1.59. The summed E-state index contributed by atoms with van der Waals surface area (Å²) in [6, 6.07) is 14.5. The van der Waals surface area contributed by atoms with Crippen molar-refractivity contribution in [1.82, 2.24) is 10.2 Å². The summed E-state index contributed by atoms with van der Waals surface area (Å²) < 4.78 is 10.7. The first-order valence-electron chi connectivity index (χ1n) is 6.51. The molecule has 0 aliphatic heterocycles. The Morgan fingerprint density at radius 2 is 1.90 bits per heavy atom. The van der Waals surface area contributed by atoms with E-state index in [-0.39, 0.29) is 12.0 Å². The molecule has 0 unspecified atom stereocenters. The molecule has 5 heteroatoms. The number of ether oxygens (including phenoxy) is 2. The van der Waals surface area contributed by atoms with Crippen LogP contribution in [0.3, 0.4) is 0 Å². The lowest BCUT2D eigenvalue weighted by atomic mass is 10.2. The van der Waals surface area contributed by atoms with Crippen molar-refractivity contribution in [2.75, 3.05) is 7.11 Å². The van der Waals surface area contributed by atoms with Gasteiger partial charge in [0.2, 0.25) is 5.43 Å². The summed E-state index contributed by atoms with van der Waals surface area (Å²) in [6.07, 6.45) is 0. The van der Waals surface area contributed by atoms with Gasteiger partial charge in [-0.1, -0.05) is 18.2 Å². The normalized spacial score (nSPS) is 10.5. The molecule has 0 saturated carbocycles. The van der Waals surface area contributed by atoms with E-state index < -0.39 is 0 Å².